The lowest BCUT2D eigenvalue weighted by Gasteiger charge is -2.28. The molecule has 8 heteroatoms. The Kier molecular flexibility index (Phi) is 5.71. The van der Waals surface area contributed by atoms with Crippen molar-refractivity contribution in [1.82, 2.24) is 15.0 Å². The number of morpholine rings is 1. The molecule has 0 amide bonds. The molecule has 1 saturated heterocycles. The Morgan fingerprint density at radius 2 is 1.83 bits per heavy atom. The molecule has 0 bridgehead atoms. The van der Waals surface area contributed by atoms with Crippen molar-refractivity contribution in [3.63, 3.8) is 0 Å². The van der Waals surface area contributed by atoms with Crippen LogP contribution in [0.5, 0.6) is 11.5 Å². The minimum atomic E-state index is 0.492. The first-order chi connectivity index (χ1) is 14.3. The van der Waals surface area contributed by atoms with E-state index in [2.05, 4.69) is 31.2 Å². The highest BCUT2D eigenvalue weighted by atomic mass is 16.5. The standard InChI is InChI=1S/C21H23N5O3/c1-27-19-4-3-16(12-20(19)28-2)24-21-23-6-5-18(25-21)15-11-17(14-22-13-15)26-7-9-29-10-8-26/h3-6,11-14H,7-10H2,1-2H3,(H,23,24,25). The van der Waals surface area contributed by atoms with Gasteiger partial charge in [0.15, 0.2) is 11.5 Å². The van der Waals surface area contributed by atoms with Crippen LogP contribution in [0.1, 0.15) is 0 Å². The quantitative estimate of drug-likeness (QED) is 0.684. The number of nitrogens with one attached hydrogen (secondary N) is 1. The molecule has 29 heavy (non-hydrogen) atoms. The van der Waals surface area contributed by atoms with Gasteiger partial charge >= 0.3 is 0 Å². The molecule has 1 aliphatic heterocycles. The molecule has 3 aromatic rings. The van der Waals surface area contributed by atoms with Gasteiger partial charge in [0.05, 0.1) is 45.0 Å². The number of aromatic nitrogens is 3. The van der Waals surface area contributed by atoms with Crippen molar-refractivity contribution >= 4 is 17.3 Å². The minimum Gasteiger partial charge on any atom is -0.493 e. The normalized spacial score (nSPS) is 13.8. The van der Waals surface area contributed by atoms with Crippen molar-refractivity contribution in [3.8, 4) is 22.8 Å². The zero-order chi connectivity index (χ0) is 20.1. The molecular formula is C21H23N5O3. The molecule has 0 saturated carbocycles. The summed E-state index contributed by atoms with van der Waals surface area (Å²) in [6.45, 7) is 3.19. The van der Waals surface area contributed by atoms with Gasteiger partial charge in [0.2, 0.25) is 5.95 Å². The van der Waals surface area contributed by atoms with E-state index in [1.165, 1.54) is 0 Å². The van der Waals surface area contributed by atoms with Gasteiger partial charge < -0.3 is 24.4 Å². The lowest BCUT2D eigenvalue weighted by Crippen LogP contribution is -2.36. The van der Waals surface area contributed by atoms with E-state index in [0.29, 0.717) is 17.4 Å². The number of nitrogens with zero attached hydrogens (tertiary/aromatic N) is 4. The van der Waals surface area contributed by atoms with Gasteiger partial charge in [-0.1, -0.05) is 0 Å². The molecule has 2 aromatic heterocycles. The molecule has 8 nitrogen and oxygen atoms in total. The summed E-state index contributed by atoms with van der Waals surface area (Å²) < 4.78 is 16.1. The summed E-state index contributed by atoms with van der Waals surface area (Å²) in [5.41, 5.74) is 3.61. The summed E-state index contributed by atoms with van der Waals surface area (Å²) in [4.78, 5) is 15.6. The fourth-order valence-corrected chi connectivity index (χ4v) is 3.19. The van der Waals surface area contributed by atoms with Crippen LogP contribution in [0.4, 0.5) is 17.3 Å². The SMILES string of the molecule is COc1ccc(Nc2nccc(-c3cncc(N4CCOCC4)c3)n2)cc1OC. The van der Waals surface area contributed by atoms with Crippen LogP contribution in [0.2, 0.25) is 0 Å². The number of pyridine rings is 1. The smallest absolute Gasteiger partial charge is 0.227 e. The third-order valence-electron chi connectivity index (χ3n) is 4.69. The predicted octanol–water partition coefficient (Wildman–Crippen LogP) is 3.14. The maximum absolute atomic E-state index is 5.43. The van der Waals surface area contributed by atoms with Crippen LogP contribution in [0.3, 0.4) is 0 Å². The Bertz CT molecular complexity index is 976. The first-order valence-corrected chi connectivity index (χ1v) is 9.37. The summed E-state index contributed by atoms with van der Waals surface area (Å²) in [5, 5.41) is 3.21. The van der Waals surface area contributed by atoms with Crippen molar-refractivity contribution in [2.24, 2.45) is 0 Å². The van der Waals surface area contributed by atoms with Crippen molar-refractivity contribution < 1.29 is 14.2 Å². The molecule has 0 aliphatic carbocycles. The fourth-order valence-electron chi connectivity index (χ4n) is 3.19. The topological polar surface area (TPSA) is 81.6 Å². The van der Waals surface area contributed by atoms with E-state index in [0.717, 1.165) is 48.9 Å². The van der Waals surface area contributed by atoms with Gasteiger partial charge in [-0.05, 0) is 24.3 Å². The number of benzene rings is 1. The lowest BCUT2D eigenvalue weighted by molar-refractivity contribution is 0.122. The van der Waals surface area contributed by atoms with Gasteiger partial charge in [0.25, 0.3) is 0 Å². The van der Waals surface area contributed by atoms with E-state index >= 15 is 0 Å². The minimum absolute atomic E-state index is 0.492. The second kappa shape index (κ2) is 8.74. The molecule has 0 unspecified atom stereocenters. The summed E-state index contributed by atoms with van der Waals surface area (Å²) >= 11 is 0. The van der Waals surface area contributed by atoms with Crippen molar-refractivity contribution in [2.75, 3.05) is 50.7 Å². The Balaban J connectivity index is 1.56. The lowest BCUT2D eigenvalue weighted by atomic mass is 10.2. The van der Waals surface area contributed by atoms with Crippen LogP contribution >= 0.6 is 0 Å². The molecule has 1 aromatic carbocycles. The van der Waals surface area contributed by atoms with Gasteiger partial charge in [-0.3, -0.25) is 4.98 Å². The Morgan fingerprint density at radius 3 is 2.62 bits per heavy atom. The van der Waals surface area contributed by atoms with Gasteiger partial charge in [-0.2, -0.15) is 0 Å². The molecule has 3 heterocycles. The highest BCUT2D eigenvalue weighted by Gasteiger charge is 2.13. The molecule has 0 radical (unpaired) electrons. The summed E-state index contributed by atoms with van der Waals surface area (Å²) in [7, 11) is 3.21. The number of anilines is 3. The van der Waals surface area contributed by atoms with Gasteiger partial charge in [0, 0.05) is 42.8 Å². The zero-order valence-corrected chi connectivity index (χ0v) is 16.5. The van der Waals surface area contributed by atoms with Crippen molar-refractivity contribution in [2.45, 2.75) is 0 Å². The van der Waals surface area contributed by atoms with Crippen molar-refractivity contribution in [1.29, 1.82) is 0 Å². The number of hydrogen-bond donors (Lipinski definition) is 1. The average Bonchev–Trinajstić information content (AvgIpc) is 2.80. The third-order valence-corrected chi connectivity index (χ3v) is 4.69. The van der Waals surface area contributed by atoms with Gasteiger partial charge in [0.1, 0.15) is 0 Å². The summed E-state index contributed by atoms with van der Waals surface area (Å²) in [5.74, 6) is 1.79. The van der Waals surface area contributed by atoms with Crippen LogP contribution in [-0.2, 0) is 4.74 Å². The van der Waals surface area contributed by atoms with Crippen LogP contribution in [-0.4, -0.2) is 55.5 Å². The number of hydrogen-bond acceptors (Lipinski definition) is 8. The predicted molar refractivity (Wildman–Crippen MR) is 111 cm³/mol. The first kappa shape index (κ1) is 18.9. The monoisotopic (exact) mass is 393 g/mol. The van der Waals surface area contributed by atoms with Crippen LogP contribution in [0.15, 0.2) is 48.9 Å². The zero-order valence-electron chi connectivity index (χ0n) is 16.5. The third kappa shape index (κ3) is 4.38. The maximum atomic E-state index is 5.43. The molecule has 0 spiro atoms. The van der Waals surface area contributed by atoms with E-state index in [1.54, 1.807) is 20.4 Å². The largest absolute Gasteiger partial charge is 0.493 e. The Morgan fingerprint density at radius 1 is 1.00 bits per heavy atom. The molecular weight excluding hydrogens is 370 g/mol. The Hall–Kier alpha value is -3.39. The highest BCUT2D eigenvalue weighted by molar-refractivity contribution is 5.66. The fraction of sp³-hybridized carbons (Fsp3) is 0.286. The maximum Gasteiger partial charge on any atom is 0.227 e. The molecule has 0 atom stereocenters. The van der Waals surface area contributed by atoms with Gasteiger partial charge in [-0.15, -0.1) is 0 Å². The Labute approximate surface area is 169 Å². The summed E-state index contributed by atoms with van der Waals surface area (Å²) in [6, 6.07) is 9.54. The molecule has 150 valence electrons. The van der Waals surface area contributed by atoms with Crippen molar-refractivity contribution in [3.05, 3.63) is 48.9 Å². The summed E-state index contributed by atoms with van der Waals surface area (Å²) in [6.07, 6.45) is 5.41. The van der Waals surface area contributed by atoms with E-state index < -0.39 is 0 Å². The molecule has 1 N–H and O–H groups in total. The first-order valence-electron chi connectivity index (χ1n) is 9.37. The van der Waals surface area contributed by atoms with Crippen LogP contribution in [0, 0.1) is 0 Å². The number of rotatable bonds is 6. The molecule has 4 rings (SSSR count). The van der Waals surface area contributed by atoms with E-state index in [4.69, 9.17) is 14.2 Å². The number of methoxy groups -OCH3 is 2. The highest BCUT2D eigenvalue weighted by Crippen LogP contribution is 2.31. The molecule has 1 aliphatic rings. The van der Waals surface area contributed by atoms with Crippen LogP contribution < -0.4 is 19.7 Å². The van der Waals surface area contributed by atoms with E-state index in [1.807, 2.05) is 36.7 Å². The van der Waals surface area contributed by atoms with Gasteiger partial charge in [-0.25, -0.2) is 9.97 Å². The van der Waals surface area contributed by atoms with Crippen LogP contribution in [0.25, 0.3) is 11.3 Å². The molecule has 1 fully saturated rings. The van der Waals surface area contributed by atoms with E-state index in [9.17, 15) is 0 Å². The average molecular weight is 393 g/mol. The van der Waals surface area contributed by atoms with E-state index in [-0.39, 0.29) is 0 Å². The second-order valence-electron chi connectivity index (χ2n) is 6.49. The number of ether oxygens (including phenoxy) is 3. The second-order valence-corrected chi connectivity index (χ2v) is 6.49.